The number of carbonyl (C=O) groups is 1. The quantitative estimate of drug-likeness (QED) is 0.857. The minimum absolute atomic E-state index is 0.0296. The number of carboxylic acids is 1. The maximum atomic E-state index is 12.7. The van der Waals surface area contributed by atoms with Crippen LogP contribution in [0.1, 0.15) is 30.6 Å². The molecule has 22 heavy (non-hydrogen) atoms. The first-order valence-electron chi connectivity index (χ1n) is 6.84. The molecule has 1 aliphatic heterocycles. The fraction of sp³-hybridized carbons (Fsp3) is 0.400. The third-order valence-corrected chi connectivity index (χ3v) is 5.76. The van der Waals surface area contributed by atoms with Crippen LogP contribution < -0.4 is 4.74 Å². The van der Waals surface area contributed by atoms with Gasteiger partial charge in [-0.2, -0.15) is 4.31 Å². The second kappa shape index (κ2) is 6.10. The molecule has 0 atom stereocenters. The number of carboxylic acid groups (broad SMARTS) is 1. The molecule has 6 nitrogen and oxygen atoms in total. The summed E-state index contributed by atoms with van der Waals surface area (Å²) in [7, 11) is -2.37. The Morgan fingerprint density at radius 3 is 2.50 bits per heavy atom. The molecule has 1 N–H and O–H groups in total. The van der Waals surface area contributed by atoms with Crippen molar-refractivity contribution in [3.63, 3.8) is 0 Å². The van der Waals surface area contributed by atoms with Gasteiger partial charge in [-0.15, -0.1) is 0 Å². The Bertz CT molecular complexity index is 736. The van der Waals surface area contributed by atoms with Gasteiger partial charge in [-0.3, -0.25) is 0 Å². The Morgan fingerprint density at radius 2 is 1.95 bits per heavy atom. The average molecular weight is 325 g/mol. The van der Waals surface area contributed by atoms with Crippen molar-refractivity contribution in [2.24, 2.45) is 0 Å². The van der Waals surface area contributed by atoms with Crippen molar-refractivity contribution in [3.8, 4) is 5.75 Å². The zero-order chi connectivity index (χ0) is 16.5. The summed E-state index contributed by atoms with van der Waals surface area (Å²) in [5.41, 5.74) is 2.07. The molecule has 0 spiro atoms. The minimum Gasteiger partial charge on any atom is -0.496 e. The molecule has 0 bridgehead atoms. The average Bonchev–Trinajstić information content (AvgIpc) is 2.49. The Kier molecular flexibility index (Phi) is 4.58. The van der Waals surface area contributed by atoms with Gasteiger partial charge in [-0.25, -0.2) is 13.2 Å². The van der Waals surface area contributed by atoms with E-state index < -0.39 is 16.0 Å². The first kappa shape index (κ1) is 16.5. The number of aromatic carboxylic acids is 1. The van der Waals surface area contributed by atoms with Crippen LogP contribution in [-0.4, -0.2) is 44.0 Å². The van der Waals surface area contributed by atoms with Crippen molar-refractivity contribution in [3.05, 3.63) is 34.9 Å². The van der Waals surface area contributed by atoms with Crippen molar-refractivity contribution in [2.45, 2.75) is 25.2 Å². The Morgan fingerprint density at radius 1 is 1.27 bits per heavy atom. The van der Waals surface area contributed by atoms with E-state index in [1.807, 2.05) is 13.8 Å². The van der Waals surface area contributed by atoms with Crippen LogP contribution in [0.3, 0.4) is 0 Å². The first-order chi connectivity index (χ1) is 10.3. The van der Waals surface area contributed by atoms with E-state index in [2.05, 4.69) is 0 Å². The molecule has 0 fully saturated rings. The highest BCUT2D eigenvalue weighted by molar-refractivity contribution is 7.89. The fourth-order valence-electron chi connectivity index (χ4n) is 2.35. The van der Waals surface area contributed by atoms with Crippen LogP contribution >= 0.6 is 0 Å². The van der Waals surface area contributed by atoms with Crippen molar-refractivity contribution in [2.75, 3.05) is 20.2 Å². The first-order valence-corrected chi connectivity index (χ1v) is 8.28. The predicted octanol–water partition coefficient (Wildman–Crippen LogP) is 2.12. The highest BCUT2D eigenvalue weighted by atomic mass is 32.2. The zero-order valence-corrected chi connectivity index (χ0v) is 13.6. The van der Waals surface area contributed by atoms with Crippen molar-refractivity contribution in [1.29, 1.82) is 0 Å². The fourth-order valence-corrected chi connectivity index (χ4v) is 3.85. The van der Waals surface area contributed by atoms with Crippen LogP contribution in [0.4, 0.5) is 0 Å². The van der Waals surface area contributed by atoms with E-state index >= 15 is 0 Å². The summed E-state index contributed by atoms with van der Waals surface area (Å²) in [5, 5.41) is 9.18. The van der Waals surface area contributed by atoms with Crippen molar-refractivity contribution in [1.82, 2.24) is 4.31 Å². The molecule has 120 valence electrons. The van der Waals surface area contributed by atoms with Gasteiger partial charge in [0.25, 0.3) is 0 Å². The smallest absolute Gasteiger partial charge is 0.339 e. The third-order valence-electron chi connectivity index (χ3n) is 3.92. The van der Waals surface area contributed by atoms with Crippen LogP contribution in [-0.2, 0) is 10.0 Å². The van der Waals surface area contributed by atoms with Gasteiger partial charge in [-0.05, 0) is 38.5 Å². The molecule has 7 heteroatoms. The molecule has 0 aliphatic carbocycles. The lowest BCUT2D eigenvalue weighted by atomic mass is 10.1. The van der Waals surface area contributed by atoms with Crippen LogP contribution in [0.5, 0.6) is 5.75 Å². The lowest BCUT2D eigenvalue weighted by Crippen LogP contribution is -2.36. The Balaban J connectivity index is 2.43. The number of hydrogen-bond acceptors (Lipinski definition) is 4. The molecule has 0 radical (unpaired) electrons. The third kappa shape index (κ3) is 3.00. The molecular formula is C15H19NO5S. The van der Waals surface area contributed by atoms with Gasteiger partial charge in [0.15, 0.2) is 0 Å². The summed E-state index contributed by atoms with van der Waals surface area (Å²) in [4.78, 5) is 11.2. The van der Waals surface area contributed by atoms with E-state index in [1.54, 1.807) is 0 Å². The zero-order valence-electron chi connectivity index (χ0n) is 12.8. The van der Waals surface area contributed by atoms with Crippen LogP contribution in [0.15, 0.2) is 34.2 Å². The lowest BCUT2D eigenvalue weighted by molar-refractivity contribution is 0.0693. The SMILES string of the molecule is COc1ccc(S(=O)(=O)N2CCC(C)=C(C)C2)cc1C(=O)O. The summed E-state index contributed by atoms with van der Waals surface area (Å²) < 4.78 is 31.7. The highest BCUT2D eigenvalue weighted by Gasteiger charge is 2.28. The molecule has 0 aromatic heterocycles. The summed E-state index contributed by atoms with van der Waals surface area (Å²) in [6.07, 6.45) is 0.688. The molecule has 0 saturated carbocycles. The normalized spacial score (nSPS) is 16.7. The number of sulfonamides is 1. The summed E-state index contributed by atoms with van der Waals surface area (Å²) in [6.45, 7) is 4.64. The van der Waals surface area contributed by atoms with E-state index in [-0.39, 0.29) is 16.2 Å². The molecule has 0 unspecified atom stereocenters. The van der Waals surface area contributed by atoms with E-state index in [0.717, 1.165) is 11.6 Å². The standard InChI is InChI=1S/C15H19NO5S/c1-10-6-7-16(9-11(10)2)22(19,20)12-4-5-14(21-3)13(8-12)15(17)18/h4-5,8H,6-7,9H2,1-3H3,(H,17,18). The van der Waals surface area contributed by atoms with Crippen LogP contribution in [0.2, 0.25) is 0 Å². The molecule has 1 aromatic rings. The van der Waals surface area contributed by atoms with Gasteiger partial charge >= 0.3 is 5.97 Å². The van der Waals surface area contributed by atoms with Gasteiger partial charge in [0.1, 0.15) is 11.3 Å². The number of ether oxygens (including phenoxy) is 1. The summed E-state index contributed by atoms with van der Waals surface area (Å²) in [6, 6.07) is 3.90. The molecular weight excluding hydrogens is 306 g/mol. The number of methoxy groups -OCH3 is 1. The second-order valence-electron chi connectivity index (χ2n) is 5.32. The molecule has 1 aliphatic rings. The minimum atomic E-state index is -3.72. The van der Waals surface area contributed by atoms with Gasteiger partial charge < -0.3 is 9.84 Å². The largest absolute Gasteiger partial charge is 0.496 e. The number of benzene rings is 1. The van der Waals surface area contributed by atoms with Gasteiger partial charge in [0.05, 0.1) is 12.0 Å². The molecule has 2 rings (SSSR count). The number of rotatable bonds is 4. The van der Waals surface area contributed by atoms with Gasteiger partial charge in [0.2, 0.25) is 10.0 Å². The monoisotopic (exact) mass is 325 g/mol. The van der Waals surface area contributed by atoms with Crippen molar-refractivity contribution >= 4 is 16.0 Å². The molecule has 0 amide bonds. The van der Waals surface area contributed by atoms with Crippen LogP contribution in [0, 0.1) is 0 Å². The number of nitrogens with zero attached hydrogens (tertiary/aromatic N) is 1. The van der Waals surface area contributed by atoms with Crippen molar-refractivity contribution < 1.29 is 23.1 Å². The van der Waals surface area contributed by atoms with E-state index in [1.165, 1.54) is 29.1 Å². The van der Waals surface area contributed by atoms with E-state index in [9.17, 15) is 18.3 Å². The topological polar surface area (TPSA) is 83.9 Å². The summed E-state index contributed by atoms with van der Waals surface area (Å²) >= 11 is 0. The molecule has 1 aromatic carbocycles. The Hall–Kier alpha value is -1.86. The maximum absolute atomic E-state index is 12.7. The van der Waals surface area contributed by atoms with Crippen LogP contribution in [0.25, 0.3) is 0 Å². The lowest BCUT2D eigenvalue weighted by Gasteiger charge is -2.28. The van der Waals surface area contributed by atoms with Gasteiger partial charge in [-0.1, -0.05) is 11.1 Å². The summed E-state index contributed by atoms with van der Waals surface area (Å²) in [5.74, 6) is -1.09. The number of hydrogen-bond donors (Lipinski definition) is 1. The second-order valence-corrected chi connectivity index (χ2v) is 7.25. The van der Waals surface area contributed by atoms with E-state index in [0.29, 0.717) is 19.5 Å². The van der Waals surface area contributed by atoms with E-state index in [4.69, 9.17) is 4.74 Å². The van der Waals surface area contributed by atoms with Gasteiger partial charge in [0, 0.05) is 13.1 Å². The maximum Gasteiger partial charge on any atom is 0.339 e. The molecule has 1 heterocycles. The predicted molar refractivity (Wildman–Crippen MR) is 81.7 cm³/mol. The highest BCUT2D eigenvalue weighted by Crippen LogP contribution is 2.27. The molecule has 0 saturated heterocycles. The Labute approximate surface area is 130 Å².